The molecule has 0 amide bonds. The number of carbonyl (C=O) groups is 1. The number of carbonyl (C=O) groups excluding carboxylic acids is 1. The Kier molecular flexibility index (Phi) is 13.3. The van der Waals surface area contributed by atoms with E-state index in [-0.39, 0.29) is 100 Å². The third kappa shape index (κ3) is 7.97. The molecule has 0 saturated heterocycles. The van der Waals surface area contributed by atoms with Crippen molar-refractivity contribution in [3.63, 3.8) is 0 Å². The molecule has 0 fully saturated rings. The first-order chi connectivity index (χ1) is 15.2. The maximum atomic E-state index is 12.7. The Morgan fingerprint density at radius 3 is 2.03 bits per heavy atom. The molecule has 3 N–H and O–H groups in total. The first-order valence-electron chi connectivity index (χ1n) is 8.26. The van der Waals surface area contributed by atoms with Crippen LogP contribution in [0.15, 0.2) is 56.4 Å². The molecular weight excluding hydrogens is 575 g/mol. The molecule has 0 spiro atoms. The molecule has 0 aliphatic rings. The number of nitrogen functional groups attached to an aromatic ring is 1. The molecule has 0 radical (unpaired) electrons. The fraction of sp³-hybridized carbons (Fsp3) is 0. The smallest absolute Gasteiger partial charge is 0.857 e. The van der Waals surface area contributed by atoms with E-state index < -0.39 is 64.0 Å². The summed E-state index contributed by atoms with van der Waals surface area (Å²) in [6.45, 7) is 0. The Balaban J connectivity index is 0.00000408. The predicted molar refractivity (Wildman–Crippen MR) is 105 cm³/mol. The number of nitrogens with zero attached hydrogens (tertiary/aromatic N) is 4. The van der Waals surface area contributed by atoms with Gasteiger partial charge in [0.25, 0.3) is 10.1 Å². The number of rotatable bonds is 6. The van der Waals surface area contributed by atoms with Crippen LogP contribution in [0.25, 0.3) is 5.69 Å². The Hall–Kier alpha value is -0.570. The van der Waals surface area contributed by atoms with Crippen molar-refractivity contribution in [1.82, 2.24) is 9.78 Å². The van der Waals surface area contributed by atoms with Gasteiger partial charge in [0.05, 0.1) is 21.6 Å². The van der Waals surface area contributed by atoms with E-state index in [0.29, 0.717) is 4.68 Å². The summed E-state index contributed by atoms with van der Waals surface area (Å²) in [6.07, 6.45) is 0. The van der Waals surface area contributed by atoms with E-state index in [1.807, 2.05) is 0 Å². The second kappa shape index (κ2) is 13.5. The minimum absolute atomic E-state index is 0. The van der Waals surface area contributed by atoms with E-state index in [4.69, 9.17) is 17.3 Å². The van der Waals surface area contributed by atoms with Gasteiger partial charge in [0.15, 0.2) is 0 Å². The van der Waals surface area contributed by atoms with Crippen LogP contribution in [0.4, 0.5) is 17.1 Å². The van der Waals surface area contributed by atoms with Crippen LogP contribution >= 0.6 is 11.6 Å². The summed E-state index contributed by atoms with van der Waals surface area (Å²) in [7, 11) is -9.67. The molecule has 174 valence electrons. The molecule has 3 aromatic rings. The van der Waals surface area contributed by atoms with Gasteiger partial charge in [-0.05, 0) is 36.4 Å². The summed E-state index contributed by atoms with van der Waals surface area (Å²) in [6, 6.07) is 5.62. The van der Waals surface area contributed by atoms with Crippen LogP contribution in [0.1, 0.15) is 10.5 Å². The van der Waals surface area contributed by atoms with E-state index in [2.05, 4.69) is 15.3 Å². The molecule has 0 saturated carbocycles. The van der Waals surface area contributed by atoms with Gasteiger partial charge in [-0.1, -0.05) is 11.6 Å². The predicted octanol–water partition coefficient (Wildman–Crippen LogP) is -8.88. The summed E-state index contributed by atoms with van der Waals surface area (Å²) in [4.78, 5) is 9.96. The molecule has 0 aliphatic carbocycles. The van der Waals surface area contributed by atoms with Gasteiger partial charge in [-0.15, -0.1) is 10.2 Å². The first kappa shape index (κ1) is 35.4. The second-order valence-corrected chi connectivity index (χ2v) is 9.35. The van der Waals surface area contributed by atoms with Gasteiger partial charge in [0.1, 0.15) is 32.1 Å². The van der Waals surface area contributed by atoms with Crippen molar-refractivity contribution < 1.29 is 130 Å². The molecule has 14 nitrogen and oxygen atoms in total. The number of carboxylic acids is 1. The van der Waals surface area contributed by atoms with Crippen LogP contribution in [-0.2, 0) is 20.2 Å². The van der Waals surface area contributed by atoms with Gasteiger partial charge in [-0.2, -0.15) is 13.5 Å². The quantitative estimate of drug-likeness (QED) is 0.119. The van der Waals surface area contributed by atoms with Crippen LogP contribution in [-0.4, -0.2) is 41.7 Å². The molecule has 0 atom stereocenters. The van der Waals surface area contributed by atoms with E-state index in [0.717, 1.165) is 36.4 Å². The van der Waals surface area contributed by atoms with Crippen molar-refractivity contribution in [2.75, 3.05) is 5.73 Å². The van der Waals surface area contributed by atoms with Crippen molar-refractivity contribution >= 4 is 54.9 Å². The van der Waals surface area contributed by atoms with Gasteiger partial charge < -0.3 is 25.3 Å². The maximum absolute atomic E-state index is 12.7. The number of hydrogen-bond donors (Lipinski definition) is 2. The zero-order valence-electron chi connectivity index (χ0n) is 18.7. The molecule has 3 rings (SSSR count). The van der Waals surface area contributed by atoms with Crippen LogP contribution in [0, 0.1) is 0 Å². The number of nitrogens with two attached hydrogens (primary N) is 1. The maximum Gasteiger partial charge on any atom is 1.00 e. The molecule has 1 heterocycles. The zero-order chi connectivity index (χ0) is 24.7. The average Bonchev–Trinajstić information content (AvgIpc) is 3.02. The van der Waals surface area contributed by atoms with Crippen LogP contribution in [0.3, 0.4) is 0 Å². The number of hydrogen-bond acceptors (Lipinski definition) is 12. The first-order valence-corrected chi connectivity index (χ1v) is 11.5. The molecule has 2 aromatic carbocycles. The number of halogens is 1. The Morgan fingerprint density at radius 2 is 1.56 bits per heavy atom. The summed E-state index contributed by atoms with van der Waals surface area (Å²) in [5.74, 6) is -3.12. The number of carboxylic acid groups (broad SMARTS) is 1. The minimum Gasteiger partial charge on any atom is -0.857 e. The number of anilines is 1. The average molecular weight is 584 g/mol. The Labute approximate surface area is 275 Å². The fourth-order valence-corrected chi connectivity index (χ4v) is 4.01. The molecule has 0 bridgehead atoms. The van der Waals surface area contributed by atoms with Crippen molar-refractivity contribution in [3.8, 4) is 11.6 Å². The SMILES string of the molecule is Nc1cc(Cl)c(N=Nc2c(C(=O)[O-])nn(-c3ccc(S(=O)(=O)[O-])cc3)c2[O-])c(S(=O)(=O)O)c1.[Na+].[Na+].[Na+]. The molecule has 20 heteroatoms. The Morgan fingerprint density at radius 1 is 1.03 bits per heavy atom. The van der Waals surface area contributed by atoms with Crippen LogP contribution in [0.5, 0.6) is 5.88 Å². The Bertz CT molecular complexity index is 1530. The van der Waals surface area contributed by atoms with Gasteiger partial charge in [0, 0.05) is 11.6 Å². The van der Waals surface area contributed by atoms with Gasteiger partial charge in [0.2, 0.25) is 0 Å². The molecular formula is C16H9ClN5Na3O9S2. The number of aromatic carboxylic acids is 1. The summed E-state index contributed by atoms with van der Waals surface area (Å²) in [5.41, 5.74) is 2.66. The fourth-order valence-electron chi connectivity index (χ4n) is 2.54. The van der Waals surface area contributed by atoms with Crippen molar-refractivity contribution in [2.24, 2.45) is 10.2 Å². The zero-order valence-corrected chi connectivity index (χ0v) is 27.1. The summed E-state index contributed by atoms with van der Waals surface area (Å²) >= 11 is 5.89. The van der Waals surface area contributed by atoms with Crippen molar-refractivity contribution in [1.29, 1.82) is 0 Å². The topological polar surface area (TPSA) is 243 Å². The van der Waals surface area contributed by atoms with Gasteiger partial charge in [-0.25, -0.2) is 13.1 Å². The molecule has 0 unspecified atom stereocenters. The largest absolute Gasteiger partial charge is 1.00 e. The second-order valence-electron chi connectivity index (χ2n) is 6.17. The molecule has 36 heavy (non-hydrogen) atoms. The van der Waals surface area contributed by atoms with Gasteiger partial charge in [-0.3, -0.25) is 4.55 Å². The van der Waals surface area contributed by atoms with E-state index >= 15 is 0 Å². The van der Waals surface area contributed by atoms with E-state index in [1.165, 1.54) is 0 Å². The van der Waals surface area contributed by atoms with Crippen LogP contribution < -0.4 is 105 Å². The summed E-state index contributed by atoms with van der Waals surface area (Å²) in [5, 5.41) is 34.1. The molecule has 1 aromatic heterocycles. The number of azo groups is 1. The molecule has 0 aliphatic heterocycles. The third-order valence-corrected chi connectivity index (χ3v) is 5.97. The minimum atomic E-state index is -4.89. The normalized spacial score (nSPS) is 11.3. The van der Waals surface area contributed by atoms with Crippen molar-refractivity contribution in [3.05, 3.63) is 47.1 Å². The number of benzene rings is 2. The summed E-state index contributed by atoms with van der Waals surface area (Å²) < 4.78 is 66.1. The van der Waals surface area contributed by atoms with Gasteiger partial charge >= 0.3 is 88.7 Å². The van der Waals surface area contributed by atoms with Crippen molar-refractivity contribution in [2.45, 2.75) is 9.79 Å². The monoisotopic (exact) mass is 583 g/mol. The number of aromatic nitrogens is 2. The standard InChI is InChI=1S/C16H12ClN5O9S2.3Na/c17-10-5-7(18)6-11(33(29,30)31)12(10)19-20-13-14(16(24)25)21-22(15(13)23)8-1-3-9(4-2-8)32(26,27)28;;;/h1-6,23H,18H2,(H,24,25)(H,26,27,28)(H,29,30,31);;;/q;3*+1/p-3. The van der Waals surface area contributed by atoms with E-state index in [1.54, 1.807) is 0 Å². The third-order valence-electron chi connectivity index (χ3n) is 3.96. The van der Waals surface area contributed by atoms with Crippen LogP contribution in [0.2, 0.25) is 5.02 Å². The van der Waals surface area contributed by atoms with E-state index in [9.17, 15) is 40.9 Å².